The Morgan fingerprint density at radius 1 is 1.59 bits per heavy atom. The summed E-state index contributed by atoms with van der Waals surface area (Å²) >= 11 is 0. The number of nitrogens with two attached hydrogens (primary N) is 1. The highest BCUT2D eigenvalue weighted by Gasteiger charge is 2.57. The number of aromatic amines is 1. The smallest absolute Gasteiger partial charge is 0.330 e. The van der Waals surface area contributed by atoms with E-state index in [1.807, 2.05) is 0 Å². The Labute approximate surface area is 154 Å². The van der Waals surface area contributed by atoms with Crippen LogP contribution in [0.1, 0.15) is 33.2 Å². The van der Waals surface area contributed by atoms with Gasteiger partial charge in [-0.25, -0.2) is 9.18 Å². The number of carbonyl (C=O) groups excluding carboxylic acids is 2. The van der Waals surface area contributed by atoms with Crippen molar-refractivity contribution in [2.45, 2.75) is 44.2 Å². The molecule has 1 fully saturated rings. The molecule has 1 aliphatic rings. The number of aromatic nitrogens is 2. The van der Waals surface area contributed by atoms with Crippen LogP contribution in [0.25, 0.3) is 0 Å². The van der Waals surface area contributed by atoms with Gasteiger partial charge in [0.15, 0.2) is 19.1 Å². The zero-order valence-corrected chi connectivity index (χ0v) is 14.3. The van der Waals surface area contributed by atoms with Gasteiger partial charge in [-0.3, -0.25) is 23.9 Å². The van der Waals surface area contributed by atoms with Gasteiger partial charge in [0.05, 0.1) is 8.30 Å². The third kappa shape index (κ3) is 3.98. The number of hydrogen-bond donors (Lipinski definition) is 4. The number of hydrogen-bond acceptors (Lipinski definition) is 9. The van der Waals surface area contributed by atoms with Crippen molar-refractivity contribution in [3.05, 3.63) is 32.6 Å². The number of nitrogens with one attached hydrogen (secondary N) is 1. The maximum Gasteiger partial charge on any atom is 0.330 e. The molecule has 0 aromatic carbocycles. The van der Waals surface area contributed by atoms with Crippen LogP contribution < -0.4 is 17.0 Å². The fourth-order valence-corrected chi connectivity index (χ4v) is 2.23. The predicted molar refractivity (Wildman–Crippen MR) is 86.5 cm³/mol. The average molecular weight is 391 g/mol. The van der Waals surface area contributed by atoms with E-state index in [1.165, 1.54) is 13.8 Å². The molecule has 0 saturated carbocycles. The van der Waals surface area contributed by atoms with Crippen LogP contribution in [0, 0.1) is 5.92 Å². The summed E-state index contributed by atoms with van der Waals surface area (Å²) in [5.74, 6) is -5.64. The van der Waals surface area contributed by atoms with Crippen molar-refractivity contribution in [2.75, 3.05) is 6.56 Å². The van der Waals surface area contributed by atoms with Crippen molar-refractivity contribution in [2.24, 2.45) is 11.7 Å². The second-order valence-electron chi connectivity index (χ2n) is 6.25. The SMILES string of the molecule is [2H]C([2H])(OC(=O)[C@@H](N)C(C)C)[C@@]1(F)O[C@@H](n2cc(C=O)c(=O)[nH]c2=O)[C@H](O)[C@@H]1O. The summed E-state index contributed by atoms with van der Waals surface area (Å²) in [5.41, 5.74) is 2.65. The predicted octanol–water partition coefficient (Wildman–Crippen LogP) is -2.21. The highest BCUT2D eigenvalue weighted by atomic mass is 19.2. The molecule has 0 aliphatic carbocycles. The number of nitrogens with zero attached hydrogens (tertiary/aromatic N) is 1. The maximum absolute atomic E-state index is 15.3. The van der Waals surface area contributed by atoms with Crippen LogP contribution >= 0.6 is 0 Å². The van der Waals surface area contributed by atoms with Crippen molar-refractivity contribution in [3.63, 3.8) is 0 Å². The molecular formula is C15H20FN3O8. The lowest BCUT2D eigenvalue weighted by atomic mass is 10.1. The first-order valence-corrected chi connectivity index (χ1v) is 7.78. The first kappa shape index (κ1) is 18.0. The van der Waals surface area contributed by atoms with E-state index in [1.54, 1.807) is 4.98 Å². The number of aldehydes is 1. The van der Waals surface area contributed by atoms with Gasteiger partial charge in [-0.15, -0.1) is 0 Å². The molecule has 1 aromatic heterocycles. The zero-order valence-electron chi connectivity index (χ0n) is 16.3. The molecule has 27 heavy (non-hydrogen) atoms. The number of aliphatic hydroxyl groups excluding tert-OH is 2. The van der Waals surface area contributed by atoms with Gasteiger partial charge in [-0.05, 0) is 5.92 Å². The Balaban J connectivity index is 2.41. The lowest BCUT2D eigenvalue weighted by Gasteiger charge is -2.24. The summed E-state index contributed by atoms with van der Waals surface area (Å²) in [5, 5.41) is 20.2. The second-order valence-corrected chi connectivity index (χ2v) is 6.25. The number of H-pyrrole nitrogens is 1. The normalized spacial score (nSPS) is 30.6. The van der Waals surface area contributed by atoms with E-state index in [9.17, 15) is 29.4 Å². The van der Waals surface area contributed by atoms with Crippen molar-refractivity contribution in [3.8, 4) is 0 Å². The average Bonchev–Trinajstić information content (AvgIpc) is 2.86. The number of carbonyl (C=O) groups is 2. The van der Waals surface area contributed by atoms with Gasteiger partial charge in [0.25, 0.3) is 11.4 Å². The third-order valence-corrected chi connectivity index (χ3v) is 3.97. The molecule has 11 nitrogen and oxygen atoms in total. The first-order valence-electron chi connectivity index (χ1n) is 8.78. The van der Waals surface area contributed by atoms with Crippen molar-refractivity contribution < 1.29 is 36.4 Å². The van der Waals surface area contributed by atoms with Gasteiger partial charge >= 0.3 is 11.7 Å². The summed E-state index contributed by atoms with van der Waals surface area (Å²) < 4.78 is 40.3. The molecule has 150 valence electrons. The fourth-order valence-electron chi connectivity index (χ4n) is 2.23. The largest absolute Gasteiger partial charge is 0.458 e. The molecule has 2 heterocycles. The maximum atomic E-state index is 15.3. The molecule has 0 unspecified atom stereocenters. The number of ether oxygens (including phenoxy) is 2. The Morgan fingerprint density at radius 3 is 2.78 bits per heavy atom. The Bertz CT molecular complexity index is 920. The lowest BCUT2D eigenvalue weighted by Crippen LogP contribution is -2.46. The molecule has 0 radical (unpaired) electrons. The molecule has 0 amide bonds. The minimum atomic E-state index is -3.82. The molecule has 5 atom stereocenters. The summed E-state index contributed by atoms with van der Waals surface area (Å²) in [6.45, 7) is -0.577. The van der Waals surface area contributed by atoms with Gasteiger partial charge in [0.2, 0.25) is 0 Å². The monoisotopic (exact) mass is 391 g/mol. The van der Waals surface area contributed by atoms with E-state index in [-0.39, 0.29) is 6.29 Å². The van der Waals surface area contributed by atoms with Gasteiger partial charge in [-0.2, -0.15) is 0 Å². The highest BCUT2D eigenvalue weighted by molar-refractivity contribution is 5.75. The van der Waals surface area contributed by atoms with Crippen LogP contribution in [0.15, 0.2) is 15.8 Å². The molecule has 0 bridgehead atoms. The van der Waals surface area contributed by atoms with E-state index in [2.05, 4.69) is 4.74 Å². The molecule has 12 heteroatoms. The van der Waals surface area contributed by atoms with E-state index in [4.69, 9.17) is 13.2 Å². The van der Waals surface area contributed by atoms with Crippen molar-refractivity contribution in [1.29, 1.82) is 0 Å². The molecule has 5 N–H and O–H groups in total. The van der Waals surface area contributed by atoms with Crippen LogP contribution in [-0.2, 0) is 14.3 Å². The van der Waals surface area contributed by atoms with Crippen LogP contribution in [-0.4, -0.2) is 62.7 Å². The summed E-state index contributed by atoms with van der Waals surface area (Å²) in [6, 6.07) is -1.31. The summed E-state index contributed by atoms with van der Waals surface area (Å²) in [7, 11) is 0. The van der Waals surface area contributed by atoms with Crippen LogP contribution in [0.5, 0.6) is 0 Å². The van der Waals surface area contributed by atoms with Crippen LogP contribution in [0.4, 0.5) is 4.39 Å². The third-order valence-electron chi connectivity index (χ3n) is 3.97. The van der Waals surface area contributed by atoms with Crippen molar-refractivity contribution >= 4 is 12.3 Å². The van der Waals surface area contributed by atoms with E-state index in [0.717, 1.165) is 0 Å². The Kier molecular flexibility index (Phi) is 5.11. The lowest BCUT2D eigenvalue weighted by molar-refractivity contribution is -0.217. The van der Waals surface area contributed by atoms with Crippen LogP contribution in [0.3, 0.4) is 0 Å². The molecule has 0 spiro atoms. The number of alkyl halides is 1. The number of aliphatic hydroxyl groups is 2. The molecule has 1 aliphatic heterocycles. The first-order chi connectivity index (χ1) is 13.3. The van der Waals surface area contributed by atoms with Gasteiger partial charge in [0, 0.05) is 6.20 Å². The quantitative estimate of drug-likeness (QED) is 0.310. The van der Waals surface area contributed by atoms with E-state index >= 15 is 4.39 Å². The summed E-state index contributed by atoms with van der Waals surface area (Å²) in [6.07, 6.45) is -6.22. The standard InChI is InChI=1S/C15H20FN3O8/c1-6(2)8(17)13(24)26-5-15(16)10(22)9(21)12(27-15)19-3-7(4-20)11(23)18-14(19)25/h3-4,6,8-10,12,21-22H,5,17H2,1-2H3,(H,18,23,25)/t8-,9+,10-,12+,15+/m0/s1/i5D2. The topological polar surface area (TPSA) is 174 Å². The number of rotatable bonds is 6. The van der Waals surface area contributed by atoms with Crippen LogP contribution in [0.2, 0.25) is 0 Å². The van der Waals surface area contributed by atoms with Gasteiger partial charge in [0.1, 0.15) is 18.2 Å². The Hall–Kier alpha value is -2.41. The summed E-state index contributed by atoms with van der Waals surface area (Å²) in [4.78, 5) is 47.9. The van der Waals surface area contributed by atoms with E-state index in [0.29, 0.717) is 10.8 Å². The molecule has 1 saturated heterocycles. The number of halogens is 1. The fraction of sp³-hybridized carbons (Fsp3) is 0.600. The van der Waals surface area contributed by atoms with E-state index < -0.39 is 65.6 Å². The highest BCUT2D eigenvalue weighted by Crippen LogP contribution is 2.38. The van der Waals surface area contributed by atoms with Gasteiger partial charge < -0.3 is 25.4 Å². The zero-order chi connectivity index (χ0) is 22.3. The minimum Gasteiger partial charge on any atom is -0.458 e. The number of esters is 1. The minimum absolute atomic E-state index is 0.0730. The molecular weight excluding hydrogens is 369 g/mol. The Morgan fingerprint density at radius 2 is 2.22 bits per heavy atom. The second kappa shape index (κ2) is 7.68. The molecule has 1 aromatic rings. The van der Waals surface area contributed by atoms with Crippen molar-refractivity contribution in [1.82, 2.24) is 9.55 Å². The molecule has 2 rings (SSSR count). The van der Waals surface area contributed by atoms with Gasteiger partial charge in [-0.1, -0.05) is 13.8 Å².